The average Bonchev–Trinajstić information content (AvgIpc) is 2.49. The first-order valence-corrected chi connectivity index (χ1v) is 7.39. The second-order valence-corrected chi connectivity index (χ2v) is 5.79. The van der Waals surface area contributed by atoms with E-state index in [-0.39, 0.29) is 0 Å². The van der Waals surface area contributed by atoms with Gasteiger partial charge >= 0.3 is 0 Å². The molecule has 0 aliphatic carbocycles. The third-order valence-electron chi connectivity index (χ3n) is 4.12. The van der Waals surface area contributed by atoms with Crippen molar-refractivity contribution in [3.8, 4) is 0 Å². The van der Waals surface area contributed by atoms with Crippen LogP contribution >= 0.6 is 0 Å². The minimum atomic E-state index is 0.987. The highest BCUT2D eigenvalue weighted by Gasteiger charge is 2.08. The van der Waals surface area contributed by atoms with Gasteiger partial charge in [-0.1, -0.05) is 54.6 Å². The minimum absolute atomic E-state index is 0.987. The van der Waals surface area contributed by atoms with Crippen molar-refractivity contribution >= 4 is 16.5 Å². The van der Waals surface area contributed by atoms with Crippen LogP contribution in [0.2, 0.25) is 0 Å². The van der Waals surface area contributed by atoms with Crippen LogP contribution < -0.4 is 4.90 Å². The first kappa shape index (κ1) is 13.7. The molecular weight excluding hydrogens is 254 g/mol. The zero-order valence-corrected chi connectivity index (χ0v) is 12.9. The van der Waals surface area contributed by atoms with Crippen LogP contribution in [-0.2, 0) is 6.42 Å². The van der Waals surface area contributed by atoms with E-state index in [4.69, 9.17) is 0 Å². The summed E-state index contributed by atoms with van der Waals surface area (Å²) in [5, 5.41) is 2.68. The lowest BCUT2D eigenvalue weighted by Crippen LogP contribution is -2.09. The molecule has 0 aliphatic rings. The van der Waals surface area contributed by atoms with E-state index in [1.54, 1.807) is 0 Å². The molecule has 106 valence electrons. The SMILES string of the molecule is Cc1ccccc1Cc1ccc(N(C)C)c2ccccc12. The summed E-state index contributed by atoms with van der Waals surface area (Å²) in [5.74, 6) is 0. The van der Waals surface area contributed by atoms with Crippen LogP contribution in [0.3, 0.4) is 0 Å². The van der Waals surface area contributed by atoms with E-state index in [1.165, 1.54) is 33.2 Å². The molecule has 0 heterocycles. The maximum atomic E-state index is 2.27. The lowest BCUT2D eigenvalue weighted by molar-refractivity contribution is 1.13. The summed E-state index contributed by atoms with van der Waals surface area (Å²) in [6.45, 7) is 2.19. The lowest BCUT2D eigenvalue weighted by Gasteiger charge is -2.18. The molecule has 3 rings (SSSR count). The van der Waals surface area contributed by atoms with Gasteiger partial charge in [-0.25, -0.2) is 0 Å². The summed E-state index contributed by atoms with van der Waals surface area (Å²) in [4.78, 5) is 2.18. The summed E-state index contributed by atoms with van der Waals surface area (Å²) < 4.78 is 0. The summed E-state index contributed by atoms with van der Waals surface area (Å²) in [7, 11) is 4.20. The van der Waals surface area contributed by atoms with E-state index in [0.29, 0.717) is 0 Å². The molecule has 0 bridgehead atoms. The fourth-order valence-electron chi connectivity index (χ4n) is 2.90. The van der Waals surface area contributed by atoms with Gasteiger partial charge in [0.25, 0.3) is 0 Å². The Bertz CT molecular complexity index is 772. The Morgan fingerprint density at radius 3 is 2.10 bits per heavy atom. The first-order valence-electron chi connectivity index (χ1n) is 7.39. The Morgan fingerprint density at radius 2 is 1.38 bits per heavy atom. The summed E-state index contributed by atoms with van der Waals surface area (Å²) >= 11 is 0. The number of rotatable bonds is 3. The zero-order valence-electron chi connectivity index (χ0n) is 12.9. The second kappa shape index (κ2) is 5.61. The van der Waals surface area contributed by atoms with Crippen molar-refractivity contribution in [3.05, 3.63) is 77.4 Å². The van der Waals surface area contributed by atoms with Gasteiger partial charge in [-0.05, 0) is 41.5 Å². The van der Waals surface area contributed by atoms with Crippen molar-refractivity contribution in [1.29, 1.82) is 0 Å². The third-order valence-corrected chi connectivity index (χ3v) is 4.12. The third kappa shape index (κ3) is 2.64. The molecule has 1 heteroatoms. The van der Waals surface area contributed by atoms with Gasteiger partial charge in [-0.3, -0.25) is 0 Å². The Balaban J connectivity index is 2.12. The maximum Gasteiger partial charge on any atom is 0.0440 e. The Morgan fingerprint density at radius 1 is 0.714 bits per heavy atom. The molecule has 0 saturated carbocycles. The standard InChI is InChI=1S/C20H21N/c1-15-8-4-5-9-16(15)14-17-12-13-20(21(2)3)19-11-7-6-10-18(17)19/h4-13H,14H2,1-3H3. The minimum Gasteiger partial charge on any atom is -0.377 e. The fourth-order valence-corrected chi connectivity index (χ4v) is 2.90. The predicted octanol–water partition coefficient (Wildman–Crippen LogP) is 4.81. The summed E-state index contributed by atoms with van der Waals surface area (Å²) in [6, 6.07) is 21.8. The molecule has 0 spiro atoms. The highest BCUT2D eigenvalue weighted by Crippen LogP contribution is 2.30. The number of nitrogens with zero attached hydrogens (tertiary/aromatic N) is 1. The lowest BCUT2D eigenvalue weighted by atomic mass is 9.95. The number of hydrogen-bond donors (Lipinski definition) is 0. The molecule has 1 nitrogen and oxygen atoms in total. The van der Waals surface area contributed by atoms with Crippen molar-refractivity contribution in [2.75, 3.05) is 19.0 Å². The van der Waals surface area contributed by atoms with Crippen LogP contribution in [-0.4, -0.2) is 14.1 Å². The molecule has 3 aromatic carbocycles. The molecule has 0 amide bonds. The van der Waals surface area contributed by atoms with Crippen LogP contribution in [0.4, 0.5) is 5.69 Å². The van der Waals surface area contributed by atoms with Gasteiger partial charge in [0.2, 0.25) is 0 Å². The topological polar surface area (TPSA) is 3.24 Å². The van der Waals surface area contributed by atoms with E-state index in [2.05, 4.69) is 86.6 Å². The largest absolute Gasteiger partial charge is 0.377 e. The Kier molecular flexibility index (Phi) is 3.66. The molecule has 0 aromatic heterocycles. The van der Waals surface area contributed by atoms with Gasteiger partial charge in [0.15, 0.2) is 0 Å². The van der Waals surface area contributed by atoms with E-state index in [9.17, 15) is 0 Å². The number of benzene rings is 3. The van der Waals surface area contributed by atoms with E-state index < -0.39 is 0 Å². The van der Waals surface area contributed by atoms with Crippen molar-refractivity contribution in [3.63, 3.8) is 0 Å². The fraction of sp³-hybridized carbons (Fsp3) is 0.200. The van der Waals surface area contributed by atoms with Gasteiger partial charge in [0.1, 0.15) is 0 Å². The zero-order chi connectivity index (χ0) is 14.8. The van der Waals surface area contributed by atoms with Gasteiger partial charge in [0, 0.05) is 25.2 Å². The average molecular weight is 275 g/mol. The normalized spacial score (nSPS) is 10.8. The smallest absolute Gasteiger partial charge is 0.0440 e. The maximum absolute atomic E-state index is 2.27. The van der Waals surface area contributed by atoms with Crippen LogP contribution in [0.15, 0.2) is 60.7 Å². The predicted molar refractivity (Wildman–Crippen MR) is 92.3 cm³/mol. The highest BCUT2D eigenvalue weighted by atomic mass is 15.1. The van der Waals surface area contributed by atoms with Crippen molar-refractivity contribution in [2.24, 2.45) is 0 Å². The molecule has 0 aliphatic heterocycles. The van der Waals surface area contributed by atoms with Gasteiger partial charge in [-0.2, -0.15) is 0 Å². The van der Waals surface area contributed by atoms with Gasteiger partial charge < -0.3 is 4.90 Å². The first-order chi connectivity index (χ1) is 10.2. The van der Waals surface area contributed by atoms with Crippen LogP contribution in [0, 0.1) is 6.92 Å². The van der Waals surface area contributed by atoms with Gasteiger partial charge in [0.05, 0.1) is 0 Å². The van der Waals surface area contributed by atoms with E-state index in [1.807, 2.05) is 0 Å². The van der Waals surface area contributed by atoms with E-state index in [0.717, 1.165) is 6.42 Å². The van der Waals surface area contributed by atoms with Crippen LogP contribution in [0.1, 0.15) is 16.7 Å². The number of hydrogen-bond acceptors (Lipinski definition) is 1. The Hall–Kier alpha value is -2.28. The highest BCUT2D eigenvalue weighted by molar-refractivity contribution is 5.96. The monoisotopic (exact) mass is 275 g/mol. The molecular formula is C20H21N. The number of fused-ring (bicyclic) bond motifs is 1. The molecule has 0 unspecified atom stereocenters. The Labute approximate surface area is 126 Å². The second-order valence-electron chi connectivity index (χ2n) is 5.79. The van der Waals surface area contributed by atoms with Gasteiger partial charge in [-0.15, -0.1) is 0 Å². The van der Waals surface area contributed by atoms with Crippen molar-refractivity contribution < 1.29 is 0 Å². The van der Waals surface area contributed by atoms with Crippen molar-refractivity contribution in [2.45, 2.75) is 13.3 Å². The quantitative estimate of drug-likeness (QED) is 0.663. The van der Waals surface area contributed by atoms with Crippen molar-refractivity contribution in [1.82, 2.24) is 0 Å². The molecule has 0 radical (unpaired) electrons. The molecule has 0 saturated heterocycles. The summed E-state index contributed by atoms with van der Waals surface area (Å²) in [6.07, 6.45) is 0.987. The molecule has 0 N–H and O–H groups in total. The number of anilines is 1. The summed E-state index contributed by atoms with van der Waals surface area (Å²) in [5.41, 5.74) is 5.43. The molecule has 21 heavy (non-hydrogen) atoms. The van der Waals surface area contributed by atoms with E-state index >= 15 is 0 Å². The van der Waals surface area contributed by atoms with Crippen LogP contribution in [0.5, 0.6) is 0 Å². The number of aryl methyl sites for hydroxylation is 1. The molecule has 3 aromatic rings. The van der Waals surface area contributed by atoms with Crippen LogP contribution in [0.25, 0.3) is 10.8 Å². The molecule has 0 atom stereocenters. The molecule has 0 fully saturated rings.